The second-order valence-corrected chi connectivity index (χ2v) is 6.31. The number of hydrogen-bond donors (Lipinski definition) is 1. The minimum absolute atomic E-state index is 0.00617. The van der Waals surface area contributed by atoms with Gasteiger partial charge in [-0.25, -0.2) is 5.43 Å². The van der Waals surface area contributed by atoms with E-state index in [1.165, 1.54) is 0 Å². The fourth-order valence-corrected chi connectivity index (χ4v) is 2.92. The molecule has 1 fully saturated rings. The van der Waals surface area contributed by atoms with Crippen LogP contribution in [0.25, 0.3) is 0 Å². The molecule has 0 spiro atoms. The van der Waals surface area contributed by atoms with Crippen LogP contribution in [0, 0.1) is 12.8 Å². The van der Waals surface area contributed by atoms with Gasteiger partial charge in [-0.05, 0) is 18.1 Å². The van der Waals surface area contributed by atoms with Gasteiger partial charge in [0.05, 0.1) is 12.1 Å². The maximum Gasteiger partial charge on any atom is 0.245 e. The Kier molecular flexibility index (Phi) is 5.23. The number of aryl methyl sites for hydroxylation is 1. The van der Waals surface area contributed by atoms with Gasteiger partial charge in [0, 0.05) is 19.5 Å². The van der Waals surface area contributed by atoms with Gasteiger partial charge in [-0.15, -0.1) is 0 Å². The number of hydrazone groups is 1. The van der Waals surface area contributed by atoms with Crippen molar-refractivity contribution in [2.75, 3.05) is 6.54 Å². The van der Waals surface area contributed by atoms with E-state index in [1.54, 1.807) is 11.1 Å². The first kappa shape index (κ1) is 16.9. The van der Waals surface area contributed by atoms with Gasteiger partial charge in [0.15, 0.2) is 0 Å². The van der Waals surface area contributed by atoms with Crippen molar-refractivity contribution in [3.63, 3.8) is 0 Å². The van der Waals surface area contributed by atoms with Crippen molar-refractivity contribution in [1.82, 2.24) is 10.3 Å². The summed E-state index contributed by atoms with van der Waals surface area (Å²) < 4.78 is 0. The summed E-state index contributed by atoms with van der Waals surface area (Å²) in [6.07, 6.45) is 1.85. The van der Waals surface area contributed by atoms with Crippen LogP contribution in [-0.4, -0.2) is 29.5 Å². The summed E-state index contributed by atoms with van der Waals surface area (Å²) in [5.41, 5.74) is 5.67. The number of nitrogens with zero attached hydrogens (tertiary/aromatic N) is 2. The molecule has 5 heteroatoms. The van der Waals surface area contributed by atoms with Crippen LogP contribution in [0.3, 0.4) is 0 Å². The molecule has 1 atom stereocenters. The second-order valence-electron chi connectivity index (χ2n) is 6.31. The zero-order valence-corrected chi connectivity index (χ0v) is 14.2. The summed E-state index contributed by atoms with van der Waals surface area (Å²) >= 11 is 0. The van der Waals surface area contributed by atoms with E-state index in [1.807, 2.05) is 61.5 Å². The smallest absolute Gasteiger partial charge is 0.245 e. The Morgan fingerprint density at radius 2 is 2.04 bits per heavy atom. The maximum atomic E-state index is 12.2. The first-order valence-electron chi connectivity index (χ1n) is 8.33. The molecule has 3 rings (SSSR count). The van der Waals surface area contributed by atoms with Crippen molar-refractivity contribution >= 4 is 18.0 Å². The van der Waals surface area contributed by atoms with Gasteiger partial charge in [0.25, 0.3) is 0 Å². The zero-order chi connectivity index (χ0) is 17.6. The highest BCUT2D eigenvalue weighted by Crippen LogP contribution is 2.20. The lowest BCUT2D eigenvalue weighted by atomic mass is 10.1. The minimum Gasteiger partial charge on any atom is -0.338 e. The topological polar surface area (TPSA) is 61.8 Å². The molecule has 1 saturated heterocycles. The predicted octanol–water partition coefficient (Wildman–Crippen LogP) is 2.49. The highest BCUT2D eigenvalue weighted by Gasteiger charge is 2.34. The third kappa shape index (κ3) is 4.53. The molecule has 128 valence electrons. The largest absolute Gasteiger partial charge is 0.338 e. The second kappa shape index (κ2) is 7.75. The highest BCUT2D eigenvalue weighted by molar-refractivity contribution is 5.90. The molecule has 1 aliphatic heterocycles. The molecule has 2 aromatic carbocycles. The van der Waals surface area contributed by atoms with Crippen LogP contribution in [0.1, 0.15) is 23.1 Å². The normalized spacial score (nSPS) is 17.2. The van der Waals surface area contributed by atoms with Crippen LogP contribution >= 0.6 is 0 Å². The van der Waals surface area contributed by atoms with Crippen molar-refractivity contribution in [1.29, 1.82) is 0 Å². The number of hydrogen-bond acceptors (Lipinski definition) is 3. The Morgan fingerprint density at radius 1 is 1.24 bits per heavy atom. The van der Waals surface area contributed by atoms with E-state index in [-0.39, 0.29) is 24.2 Å². The van der Waals surface area contributed by atoms with Gasteiger partial charge in [-0.2, -0.15) is 5.10 Å². The monoisotopic (exact) mass is 335 g/mol. The summed E-state index contributed by atoms with van der Waals surface area (Å²) in [5.74, 6) is -0.564. The highest BCUT2D eigenvalue weighted by atomic mass is 16.2. The van der Waals surface area contributed by atoms with E-state index < -0.39 is 0 Å². The van der Waals surface area contributed by atoms with Crippen molar-refractivity contribution in [3.05, 3.63) is 71.3 Å². The fraction of sp³-hybridized carbons (Fsp3) is 0.250. The summed E-state index contributed by atoms with van der Waals surface area (Å²) in [4.78, 5) is 26.1. The molecule has 0 radical (unpaired) electrons. The van der Waals surface area contributed by atoms with Crippen LogP contribution in [0.5, 0.6) is 0 Å². The van der Waals surface area contributed by atoms with Gasteiger partial charge >= 0.3 is 0 Å². The molecule has 1 aliphatic rings. The number of likely N-dealkylation sites (tertiary alicyclic amines) is 1. The van der Waals surface area contributed by atoms with Crippen molar-refractivity contribution < 1.29 is 9.59 Å². The van der Waals surface area contributed by atoms with E-state index >= 15 is 0 Å². The lowest BCUT2D eigenvalue weighted by Gasteiger charge is -2.16. The fourth-order valence-electron chi connectivity index (χ4n) is 2.92. The van der Waals surface area contributed by atoms with Crippen molar-refractivity contribution in [2.45, 2.75) is 19.9 Å². The van der Waals surface area contributed by atoms with Crippen molar-refractivity contribution in [2.24, 2.45) is 11.0 Å². The third-order valence-electron chi connectivity index (χ3n) is 4.23. The number of benzene rings is 2. The van der Waals surface area contributed by atoms with E-state index in [2.05, 4.69) is 10.5 Å². The first-order valence-corrected chi connectivity index (χ1v) is 8.33. The number of rotatable bonds is 5. The molecule has 1 heterocycles. The van der Waals surface area contributed by atoms with Crippen LogP contribution in [0.15, 0.2) is 59.7 Å². The molecular formula is C20H21N3O2. The average molecular weight is 335 g/mol. The number of nitrogens with one attached hydrogen (secondary N) is 1. The van der Waals surface area contributed by atoms with Crippen LogP contribution in [0.2, 0.25) is 0 Å². The SMILES string of the molecule is Cc1cccc(/C=N/NC(=O)C2CC(=O)N(Cc3ccccc3)C2)c1. The Bertz CT molecular complexity index is 787. The Hall–Kier alpha value is -2.95. The van der Waals surface area contributed by atoms with Crippen LogP contribution < -0.4 is 5.43 Å². The summed E-state index contributed by atoms with van der Waals surface area (Å²) in [5, 5.41) is 4.01. The lowest BCUT2D eigenvalue weighted by Crippen LogP contribution is -2.30. The van der Waals surface area contributed by atoms with Crippen molar-refractivity contribution in [3.8, 4) is 0 Å². The van der Waals surface area contributed by atoms with Gasteiger partial charge in [0.1, 0.15) is 0 Å². The van der Waals surface area contributed by atoms with Gasteiger partial charge < -0.3 is 4.90 Å². The predicted molar refractivity (Wildman–Crippen MR) is 96.9 cm³/mol. The Morgan fingerprint density at radius 3 is 2.80 bits per heavy atom. The number of amides is 2. The molecule has 5 nitrogen and oxygen atoms in total. The Balaban J connectivity index is 1.54. The standard InChI is InChI=1S/C20H21N3O2/c1-15-6-5-9-17(10-15)12-21-22-20(25)18-11-19(24)23(14-18)13-16-7-3-2-4-8-16/h2-10,12,18H,11,13-14H2,1H3,(H,22,25)/b21-12+. The molecule has 2 amide bonds. The number of carbonyl (C=O) groups excluding carboxylic acids is 2. The van der Waals surface area contributed by atoms with E-state index in [9.17, 15) is 9.59 Å². The molecule has 0 saturated carbocycles. The molecular weight excluding hydrogens is 314 g/mol. The molecule has 25 heavy (non-hydrogen) atoms. The Labute approximate surface area is 147 Å². The zero-order valence-electron chi connectivity index (χ0n) is 14.2. The average Bonchev–Trinajstić information content (AvgIpc) is 2.97. The van der Waals surface area contributed by atoms with E-state index in [0.29, 0.717) is 13.1 Å². The number of carbonyl (C=O) groups is 2. The van der Waals surface area contributed by atoms with Gasteiger partial charge in [-0.3, -0.25) is 9.59 Å². The molecule has 1 N–H and O–H groups in total. The maximum absolute atomic E-state index is 12.2. The molecule has 0 aliphatic carbocycles. The van der Waals surface area contributed by atoms with Crippen LogP contribution in [-0.2, 0) is 16.1 Å². The summed E-state index contributed by atoms with van der Waals surface area (Å²) in [6, 6.07) is 17.6. The van der Waals surface area contributed by atoms with E-state index in [4.69, 9.17) is 0 Å². The summed E-state index contributed by atoms with van der Waals surface area (Å²) in [7, 11) is 0. The first-order chi connectivity index (χ1) is 12.1. The molecule has 0 aromatic heterocycles. The van der Waals surface area contributed by atoms with Gasteiger partial charge in [0.2, 0.25) is 11.8 Å². The summed E-state index contributed by atoms with van der Waals surface area (Å²) in [6.45, 7) is 2.97. The van der Waals surface area contributed by atoms with Crippen LogP contribution in [0.4, 0.5) is 0 Å². The van der Waals surface area contributed by atoms with E-state index in [0.717, 1.165) is 16.7 Å². The molecule has 1 unspecified atom stereocenters. The van der Waals surface area contributed by atoms with Gasteiger partial charge in [-0.1, -0.05) is 60.2 Å². The minimum atomic E-state index is -0.356. The molecule has 2 aromatic rings. The lowest BCUT2D eigenvalue weighted by molar-refractivity contribution is -0.129. The quantitative estimate of drug-likeness (QED) is 0.674. The molecule has 0 bridgehead atoms. The third-order valence-corrected chi connectivity index (χ3v) is 4.23.